The second-order valence-corrected chi connectivity index (χ2v) is 17.0. The maximum atomic E-state index is 13.6. The van der Waals surface area contributed by atoms with E-state index in [0.717, 1.165) is 11.5 Å². The monoisotopic (exact) mass is 729 g/mol. The van der Waals surface area contributed by atoms with Gasteiger partial charge in [-0.25, -0.2) is 24.5 Å². The Morgan fingerprint density at radius 1 is 1.15 bits per heavy atom. The molecular formula is C24H29N9O10P2S2. The molecule has 7 N–H and O–H groups in total. The molecule has 4 fully saturated rings. The maximum Gasteiger partial charge on any atom is 0.472 e. The van der Waals surface area contributed by atoms with E-state index in [2.05, 4.69) is 29.3 Å². The Balaban J connectivity index is 1.15. The van der Waals surface area contributed by atoms with Gasteiger partial charge in [0.1, 0.15) is 41.8 Å². The van der Waals surface area contributed by atoms with Crippen LogP contribution >= 0.6 is 26.1 Å². The van der Waals surface area contributed by atoms with Crippen LogP contribution in [0.5, 0.6) is 0 Å². The molecule has 4 aliphatic rings. The zero-order valence-electron chi connectivity index (χ0n) is 24.6. The van der Waals surface area contributed by atoms with Crippen molar-refractivity contribution in [1.82, 2.24) is 33.9 Å². The number of anilines is 2. The van der Waals surface area contributed by atoms with Gasteiger partial charge in [-0.3, -0.25) is 18.8 Å². The van der Waals surface area contributed by atoms with Crippen LogP contribution in [0.3, 0.4) is 0 Å². The van der Waals surface area contributed by atoms with Crippen LogP contribution in [0.2, 0.25) is 0 Å². The van der Waals surface area contributed by atoms with E-state index >= 15 is 0 Å². The third kappa shape index (κ3) is 4.99. The molecule has 19 nitrogen and oxygen atoms in total. The second-order valence-electron chi connectivity index (χ2n) is 12.0. The number of nitrogen functional groups attached to an aromatic ring is 2. The minimum absolute atomic E-state index is 0.00134. The van der Waals surface area contributed by atoms with Crippen molar-refractivity contribution in [3.05, 3.63) is 27.9 Å². The number of fused-ring (bicyclic) bond motifs is 7. The van der Waals surface area contributed by atoms with Crippen LogP contribution in [0.15, 0.2) is 17.4 Å². The molecule has 6 heterocycles. The molecule has 252 valence electrons. The highest BCUT2D eigenvalue weighted by atomic mass is 32.5. The molecule has 0 spiro atoms. The van der Waals surface area contributed by atoms with Crippen molar-refractivity contribution in [1.29, 1.82) is 0 Å². The van der Waals surface area contributed by atoms with E-state index < -0.39 is 62.1 Å². The molecule has 0 amide bonds. The summed E-state index contributed by atoms with van der Waals surface area (Å²) in [5, 5.41) is 0. The summed E-state index contributed by atoms with van der Waals surface area (Å²) in [7, 11) is -3.47. The molecule has 4 aromatic heterocycles. The Kier molecular flexibility index (Phi) is 7.42. The van der Waals surface area contributed by atoms with Gasteiger partial charge in [0.25, 0.3) is 5.56 Å². The van der Waals surface area contributed by atoms with Crippen molar-refractivity contribution in [3.8, 4) is 0 Å². The topological polar surface area (TPSA) is 267 Å². The normalized spacial score (nSPS) is 40.4. The van der Waals surface area contributed by atoms with Gasteiger partial charge in [-0.05, 0) is 35.7 Å². The fraction of sp³-hybridized carbons (Fsp3) is 0.583. The highest BCUT2D eigenvalue weighted by Crippen LogP contribution is 2.70. The third-order valence-electron chi connectivity index (χ3n) is 9.62. The number of phosphoric acid groups is 1. The fourth-order valence-electron chi connectivity index (χ4n) is 7.51. The summed E-state index contributed by atoms with van der Waals surface area (Å²) in [6.45, 7) is -2.62. The first-order valence-corrected chi connectivity index (χ1v) is 19.3. The Labute approximate surface area is 273 Å². The first kappa shape index (κ1) is 31.7. The van der Waals surface area contributed by atoms with Crippen molar-refractivity contribution in [3.63, 3.8) is 0 Å². The van der Waals surface area contributed by atoms with Crippen LogP contribution in [0.1, 0.15) is 24.3 Å². The number of ether oxygens (including phenoxy) is 2. The van der Waals surface area contributed by atoms with Gasteiger partial charge in [0.05, 0.1) is 36.1 Å². The summed E-state index contributed by atoms with van der Waals surface area (Å²) in [5.74, 6) is -0.891. The van der Waals surface area contributed by atoms with Gasteiger partial charge in [0, 0.05) is 18.9 Å². The number of imidazole rings is 1. The predicted molar refractivity (Wildman–Crippen MR) is 167 cm³/mol. The Morgan fingerprint density at radius 3 is 2.74 bits per heavy atom. The third-order valence-corrected chi connectivity index (χ3v) is 13.1. The van der Waals surface area contributed by atoms with Crippen LogP contribution in [0.4, 0.5) is 11.8 Å². The van der Waals surface area contributed by atoms with Crippen molar-refractivity contribution in [2.45, 2.75) is 49.4 Å². The lowest BCUT2D eigenvalue weighted by atomic mass is 9.94. The van der Waals surface area contributed by atoms with Crippen molar-refractivity contribution >= 4 is 71.8 Å². The van der Waals surface area contributed by atoms with E-state index in [-0.39, 0.29) is 47.8 Å². The SMILES string of the molecule is CO[C@H]1[C@H]2OP(=O)(O)OC[C@@H]3[C@@H](OP(O)(=S)OC[C@H]1O[C@H]2c1snc2c(=O)[nH]c(N)nc12)[C@@H](C)C1(n2cnc4c(N)ncnc42)C[C@@H]31. The molecule has 2 saturated heterocycles. The number of rotatable bonds is 3. The lowest BCUT2D eigenvalue weighted by Crippen LogP contribution is -2.36. The minimum atomic E-state index is -4.83. The van der Waals surface area contributed by atoms with Gasteiger partial charge in [-0.1, -0.05) is 6.92 Å². The van der Waals surface area contributed by atoms with Gasteiger partial charge in [-0.15, -0.1) is 0 Å². The number of phosphoric ester groups is 1. The quantitative estimate of drug-likeness (QED) is 0.184. The lowest BCUT2D eigenvalue weighted by Gasteiger charge is -2.32. The molecule has 0 aromatic carbocycles. The lowest BCUT2D eigenvalue weighted by molar-refractivity contribution is -0.0360. The largest absolute Gasteiger partial charge is 0.472 e. The molecular weight excluding hydrogens is 700 g/mol. The smallest absolute Gasteiger partial charge is 0.382 e. The molecule has 2 aliphatic heterocycles. The highest BCUT2D eigenvalue weighted by Gasteiger charge is 2.72. The number of hydrogen-bond acceptors (Lipinski definition) is 17. The number of H-pyrrole nitrogens is 1. The van der Waals surface area contributed by atoms with Crippen molar-refractivity contribution in [2.24, 2.45) is 17.8 Å². The number of methoxy groups -OCH3 is 1. The molecule has 47 heavy (non-hydrogen) atoms. The van der Waals surface area contributed by atoms with Gasteiger partial charge < -0.3 is 44.3 Å². The first-order chi connectivity index (χ1) is 22.3. The molecule has 2 aliphatic carbocycles. The summed E-state index contributed by atoms with van der Waals surface area (Å²) < 4.78 is 55.1. The molecule has 23 heteroatoms. The number of nitrogens with one attached hydrogen (secondary N) is 1. The van der Waals surface area contributed by atoms with Crippen LogP contribution < -0.4 is 17.0 Å². The summed E-state index contributed by atoms with van der Waals surface area (Å²) >= 11 is 6.36. The van der Waals surface area contributed by atoms with Gasteiger partial charge in [0.2, 0.25) is 5.95 Å². The molecule has 2 saturated carbocycles. The first-order valence-electron chi connectivity index (χ1n) is 14.4. The molecule has 8 rings (SSSR count). The van der Waals surface area contributed by atoms with E-state index in [0.29, 0.717) is 22.5 Å². The van der Waals surface area contributed by atoms with Gasteiger partial charge in [-0.2, -0.15) is 4.37 Å². The Morgan fingerprint density at radius 2 is 1.96 bits per heavy atom. The maximum absolute atomic E-state index is 13.6. The predicted octanol–water partition coefficient (Wildman–Crippen LogP) is 0.954. The zero-order valence-corrected chi connectivity index (χ0v) is 28.0. The van der Waals surface area contributed by atoms with E-state index in [1.807, 2.05) is 11.5 Å². The van der Waals surface area contributed by atoms with E-state index in [1.165, 1.54) is 13.4 Å². The van der Waals surface area contributed by atoms with Crippen LogP contribution in [-0.4, -0.2) is 88.4 Å². The second kappa shape index (κ2) is 11.0. The number of aromatic nitrogens is 7. The van der Waals surface area contributed by atoms with Crippen molar-refractivity contribution in [2.75, 3.05) is 31.8 Å². The van der Waals surface area contributed by atoms with E-state index in [4.69, 9.17) is 50.8 Å². The van der Waals surface area contributed by atoms with E-state index in [9.17, 15) is 19.1 Å². The van der Waals surface area contributed by atoms with Crippen LogP contribution in [0.25, 0.3) is 22.2 Å². The average Bonchev–Trinajstić information content (AvgIpc) is 3.30. The Hall–Kier alpha value is -2.52. The summed E-state index contributed by atoms with van der Waals surface area (Å²) in [6.07, 6.45) is -1.51. The van der Waals surface area contributed by atoms with Crippen LogP contribution in [-0.2, 0) is 49.5 Å². The molecule has 2 bridgehead atoms. The summed E-state index contributed by atoms with van der Waals surface area (Å²) in [4.78, 5) is 54.6. The van der Waals surface area contributed by atoms with Gasteiger partial charge in [0.15, 0.2) is 17.0 Å². The van der Waals surface area contributed by atoms with Gasteiger partial charge >= 0.3 is 14.5 Å². The fourth-order valence-corrected chi connectivity index (χ4v) is 10.9. The van der Waals surface area contributed by atoms with Crippen LogP contribution in [0, 0.1) is 17.8 Å². The Bertz CT molecular complexity index is 2060. The van der Waals surface area contributed by atoms with Crippen molar-refractivity contribution < 1.29 is 41.9 Å². The number of nitrogens with two attached hydrogens (primary N) is 2. The number of aromatic amines is 1. The molecule has 4 aromatic rings. The summed E-state index contributed by atoms with van der Waals surface area (Å²) in [5.41, 5.74) is 11.8. The summed E-state index contributed by atoms with van der Waals surface area (Å²) in [6, 6.07) is 0. The van der Waals surface area contributed by atoms with E-state index in [1.54, 1.807) is 6.33 Å². The highest BCUT2D eigenvalue weighted by molar-refractivity contribution is 8.07. The standard InChI is InChI=1S/C24H29N9O10P2S2/c1-8-15-9(10-3-24(8,10)33-7-29-14-20(25)27-6-28-21(14)33)4-39-44(35,36)42-17-16(38-2)11(5-40-45(37,46)43-15)41-18(17)19-12-13(32-47-19)22(34)31-23(26)30-12/h6-11,15-18H,3-5H2,1-2H3,(H,35,36)(H,37,46)(H2,25,27,28)(H3,26,30,31,34)/t8-,9+,10+,11-,15+,16-,17-,18-,24?,45?/m1/s1. The number of hydrogen-bond donors (Lipinski definition) is 5. The number of nitrogens with zero attached hydrogens (tertiary/aromatic N) is 6. The zero-order chi connectivity index (χ0) is 33.0. The molecule has 3 unspecified atom stereocenters. The average molecular weight is 730 g/mol. The minimum Gasteiger partial charge on any atom is -0.382 e. The molecule has 11 atom stereocenters. The molecule has 0 radical (unpaired) electrons.